The molecule has 0 unspecified atom stereocenters. The highest BCUT2D eigenvalue weighted by Gasteiger charge is 2.12. The van der Waals surface area contributed by atoms with Crippen molar-refractivity contribution >= 4 is 5.91 Å². The highest BCUT2D eigenvalue weighted by Crippen LogP contribution is 2.20. The Labute approximate surface area is 189 Å². The first kappa shape index (κ1) is 23.5. The zero-order valence-corrected chi connectivity index (χ0v) is 19.3. The standard InChI is InChI=1S/C25H32N4O3/c1-5-31-22-12-10-19(11-13-22)25-27-24(32-28-25)15-14-23(30)26-16-20-8-6-7-9-21(20)17-29(4)18(2)3/h6-13,18H,5,14-17H2,1-4H3,(H,26,30). The maximum Gasteiger partial charge on any atom is 0.227 e. The number of rotatable bonds is 11. The van der Waals surface area contributed by atoms with E-state index in [1.165, 1.54) is 5.56 Å². The lowest BCUT2D eigenvalue weighted by Gasteiger charge is -2.22. The minimum absolute atomic E-state index is 0.0437. The van der Waals surface area contributed by atoms with E-state index < -0.39 is 0 Å². The van der Waals surface area contributed by atoms with E-state index in [9.17, 15) is 4.79 Å². The number of benzene rings is 2. The molecular weight excluding hydrogens is 404 g/mol. The third kappa shape index (κ3) is 6.65. The summed E-state index contributed by atoms with van der Waals surface area (Å²) in [6.45, 7) is 8.25. The largest absolute Gasteiger partial charge is 0.494 e. The van der Waals surface area contributed by atoms with Gasteiger partial charge in [0.15, 0.2) is 0 Å². The first-order valence-corrected chi connectivity index (χ1v) is 11.1. The number of amides is 1. The van der Waals surface area contributed by atoms with Crippen LogP contribution in [-0.4, -0.2) is 40.6 Å². The summed E-state index contributed by atoms with van der Waals surface area (Å²) in [5.74, 6) is 1.71. The molecule has 170 valence electrons. The van der Waals surface area contributed by atoms with E-state index in [0.717, 1.165) is 23.4 Å². The van der Waals surface area contributed by atoms with Crippen LogP contribution in [-0.2, 0) is 24.3 Å². The number of carbonyl (C=O) groups is 1. The van der Waals surface area contributed by atoms with Gasteiger partial charge in [-0.1, -0.05) is 29.4 Å². The Morgan fingerprint density at radius 3 is 2.53 bits per heavy atom. The van der Waals surface area contributed by atoms with Gasteiger partial charge in [0.25, 0.3) is 0 Å². The van der Waals surface area contributed by atoms with Gasteiger partial charge in [-0.15, -0.1) is 0 Å². The summed E-state index contributed by atoms with van der Waals surface area (Å²) in [6, 6.07) is 16.2. The van der Waals surface area contributed by atoms with E-state index >= 15 is 0 Å². The Bertz CT molecular complexity index is 998. The van der Waals surface area contributed by atoms with E-state index in [4.69, 9.17) is 9.26 Å². The molecule has 0 aliphatic rings. The Kier molecular flexibility index (Phi) is 8.39. The lowest BCUT2D eigenvalue weighted by Crippen LogP contribution is -2.27. The zero-order valence-electron chi connectivity index (χ0n) is 19.3. The fraction of sp³-hybridized carbons (Fsp3) is 0.400. The normalized spacial score (nSPS) is 11.2. The van der Waals surface area contributed by atoms with Crippen LogP contribution in [0.1, 0.15) is 44.2 Å². The smallest absolute Gasteiger partial charge is 0.227 e. The van der Waals surface area contributed by atoms with Crippen LogP contribution in [0.2, 0.25) is 0 Å². The maximum absolute atomic E-state index is 12.4. The molecule has 3 rings (SSSR count). The Morgan fingerprint density at radius 1 is 1.12 bits per heavy atom. The van der Waals surface area contributed by atoms with Crippen LogP contribution in [0.15, 0.2) is 53.1 Å². The second-order valence-corrected chi connectivity index (χ2v) is 8.02. The van der Waals surface area contributed by atoms with Crippen LogP contribution in [0.4, 0.5) is 0 Å². The highest BCUT2D eigenvalue weighted by atomic mass is 16.5. The number of aromatic nitrogens is 2. The van der Waals surface area contributed by atoms with Crippen molar-refractivity contribution in [2.45, 2.75) is 52.7 Å². The Balaban J connectivity index is 1.50. The van der Waals surface area contributed by atoms with E-state index in [0.29, 0.717) is 43.8 Å². The lowest BCUT2D eigenvalue weighted by atomic mass is 10.1. The summed E-state index contributed by atoms with van der Waals surface area (Å²) < 4.78 is 10.8. The molecule has 1 amide bonds. The number of hydrogen-bond acceptors (Lipinski definition) is 6. The van der Waals surface area contributed by atoms with E-state index in [1.54, 1.807) is 0 Å². The molecular formula is C25H32N4O3. The number of nitrogens with zero attached hydrogens (tertiary/aromatic N) is 3. The molecule has 0 radical (unpaired) electrons. The summed E-state index contributed by atoms with van der Waals surface area (Å²) >= 11 is 0. The van der Waals surface area contributed by atoms with E-state index in [1.807, 2.05) is 43.3 Å². The lowest BCUT2D eigenvalue weighted by molar-refractivity contribution is -0.121. The third-order valence-corrected chi connectivity index (χ3v) is 5.35. The topological polar surface area (TPSA) is 80.5 Å². The molecule has 0 saturated heterocycles. The van der Waals surface area contributed by atoms with Crippen LogP contribution in [0.25, 0.3) is 11.4 Å². The van der Waals surface area contributed by atoms with Crippen molar-refractivity contribution < 1.29 is 14.1 Å². The first-order chi connectivity index (χ1) is 15.5. The van der Waals surface area contributed by atoms with Gasteiger partial charge < -0.3 is 14.6 Å². The molecule has 1 heterocycles. The van der Waals surface area contributed by atoms with Crippen molar-refractivity contribution in [2.24, 2.45) is 0 Å². The van der Waals surface area contributed by atoms with Gasteiger partial charge in [0, 0.05) is 37.5 Å². The molecule has 0 fully saturated rings. The summed E-state index contributed by atoms with van der Waals surface area (Å²) in [5, 5.41) is 7.03. The number of ether oxygens (including phenoxy) is 1. The monoisotopic (exact) mass is 436 g/mol. The molecule has 0 aliphatic heterocycles. The van der Waals surface area contributed by atoms with Crippen molar-refractivity contribution in [3.63, 3.8) is 0 Å². The van der Waals surface area contributed by atoms with Crippen molar-refractivity contribution in [2.75, 3.05) is 13.7 Å². The van der Waals surface area contributed by atoms with Gasteiger partial charge in [0.1, 0.15) is 5.75 Å². The molecule has 2 aromatic carbocycles. The summed E-state index contributed by atoms with van der Waals surface area (Å²) in [6.07, 6.45) is 0.687. The number of hydrogen-bond donors (Lipinski definition) is 1. The molecule has 1 N–H and O–H groups in total. The minimum atomic E-state index is -0.0437. The van der Waals surface area contributed by atoms with Crippen molar-refractivity contribution in [1.82, 2.24) is 20.4 Å². The van der Waals surface area contributed by atoms with Crippen molar-refractivity contribution in [3.8, 4) is 17.1 Å². The molecule has 0 spiro atoms. The summed E-state index contributed by atoms with van der Waals surface area (Å²) in [7, 11) is 2.10. The van der Waals surface area contributed by atoms with Crippen LogP contribution < -0.4 is 10.1 Å². The van der Waals surface area contributed by atoms with Crippen LogP contribution in [0, 0.1) is 0 Å². The Morgan fingerprint density at radius 2 is 1.84 bits per heavy atom. The number of nitrogens with one attached hydrogen (secondary N) is 1. The summed E-state index contributed by atoms with van der Waals surface area (Å²) in [5.41, 5.74) is 3.20. The van der Waals surface area contributed by atoms with Crippen LogP contribution in [0.5, 0.6) is 5.75 Å². The third-order valence-electron chi connectivity index (χ3n) is 5.35. The second-order valence-electron chi connectivity index (χ2n) is 8.02. The van der Waals surface area contributed by atoms with E-state index in [2.05, 4.69) is 53.4 Å². The molecule has 0 saturated carbocycles. The van der Waals surface area contributed by atoms with Gasteiger partial charge in [0.2, 0.25) is 17.6 Å². The molecule has 7 nitrogen and oxygen atoms in total. The average Bonchev–Trinajstić information content (AvgIpc) is 3.27. The fourth-order valence-electron chi connectivity index (χ4n) is 3.18. The van der Waals surface area contributed by atoms with Gasteiger partial charge in [0.05, 0.1) is 6.61 Å². The van der Waals surface area contributed by atoms with E-state index in [-0.39, 0.29) is 5.91 Å². The van der Waals surface area contributed by atoms with Gasteiger partial charge in [-0.25, -0.2) is 0 Å². The molecule has 1 aromatic heterocycles. The zero-order chi connectivity index (χ0) is 22.9. The Hall–Kier alpha value is -3.19. The number of carbonyl (C=O) groups excluding carboxylic acids is 1. The molecule has 7 heteroatoms. The predicted molar refractivity (Wildman–Crippen MR) is 124 cm³/mol. The minimum Gasteiger partial charge on any atom is -0.494 e. The van der Waals surface area contributed by atoms with Crippen molar-refractivity contribution in [1.29, 1.82) is 0 Å². The fourth-order valence-corrected chi connectivity index (χ4v) is 3.18. The SMILES string of the molecule is CCOc1ccc(-c2noc(CCC(=O)NCc3ccccc3CN(C)C(C)C)n2)cc1. The number of aryl methyl sites for hydroxylation is 1. The van der Waals surface area contributed by atoms with Gasteiger partial charge in [-0.3, -0.25) is 9.69 Å². The molecule has 0 aliphatic carbocycles. The highest BCUT2D eigenvalue weighted by molar-refractivity contribution is 5.76. The first-order valence-electron chi connectivity index (χ1n) is 11.1. The van der Waals surface area contributed by atoms with Gasteiger partial charge in [-0.2, -0.15) is 4.98 Å². The van der Waals surface area contributed by atoms with Crippen LogP contribution in [0.3, 0.4) is 0 Å². The molecule has 32 heavy (non-hydrogen) atoms. The quantitative estimate of drug-likeness (QED) is 0.485. The molecule has 0 bridgehead atoms. The predicted octanol–water partition coefficient (Wildman–Crippen LogP) is 4.22. The second kappa shape index (κ2) is 11.4. The van der Waals surface area contributed by atoms with Gasteiger partial charge in [-0.05, 0) is 63.2 Å². The average molecular weight is 437 g/mol. The van der Waals surface area contributed by atoms with Crippen molar-refractivity contribution in [3.05, 3.63) is 65.5 Å². The summed E-state index contributed by atoms with van der Waals surface area (Å²) in [4.78, 5) is 19.1. The maximum atomic E-state index is 12.4. The van der Waals surface area contributed by atoms with Crippen LogP contribution >= 0.6 is 0 Å². The molecule has 3 aromatic rings. The molecule has 0 atom stereocenters. The van der Waals surface area contributed by atoms with Gasteiger partial charge >= 0.3 is 0 Å².